The van der Waals surface area contributed by atoms with Gasteiger partial charge in [-0.2, -0.15) is 0 Å². The Morgan fingerprint density at radius 3 is 2.02 bits per heavy atom. The molecule has 7 heteroatoms. The average molecular weight is 796 g/mol. The summed E-state index contributed by atoms with van der Waals surface area (Å²) in [5.41, 5.74) is 13.3. The van der Waals surface area contributed by atoms with E-state index in [4.69, 9.17) is 29.4 Å². The second kappa shape index (κ2) is 13.3. The first-order valence-electron chi connectivity index (χ1n) is 20.7. The van der Waals surface area contributed by atoms with Crippen molar-refractivity contribution < 1.29 is 9.47 Å². The van der Waals surface area contributed by atoms with Crippen molar-refractivity contribution in [3.63, 3.8) is 0 Å². The number of ether oxygens (including phenoxy) is 2. The van der Waals surface area contributed by atoms with Gasteiger partial charge in [-0.3, -0.25) is 9.97 Å². The summed E-state index contributed by atoms with van der Waals surface area (Å²) in [4.78, 5) is 23.1. The van der Waals surface area contributed by atoms with Crippen LogP contribution in [0.25, 0.3) is 56.1 Å². The topological polar surface area (TPSA) is 73.3 Å². The number of aromatic nitrogens is 4. The number of para-hydroxylation sites is 5. The quantitative estimate of drug-likeness (QED) is 0.176. The summed E-state index contributed by atoms with van der Waals surface area (Å²) in [5.74, 6) is 3.44. The molecule has 1 unspecified atom stereocenters. The summed E-state index contributed by atoms with van der Waals surface area (Å²) in [6.45, 7) is 0. The van der Waals surface area contributed by atoms with E-state index in [0.717, 1.165) is 101 Å². The Hall–Kier alpha value is -8.42. The maximum atomic E-state index is 7.06. The number of anilines is 3. The second-order valence-corrected chi connectivity index (χ2v) is 15.7. The maximum absolute atomic E-state index is 7.06. The fourth-order valence-corrected chi connectivity index (χ4v) is 9.82. The largest absolute Gasteiger partial charge is 0.453 e. The van der Waals surface area contributed by atoms with Crippen LogP contribution in [0.15, 0.2) is 200 Å². The third-order valence-electron chi connectivity index (χ3n) is 12.4. The third kappa shape index (κ3) is 4.87. The van der Waals surface area contributed by atoms with Gasteiger partial charge in [-0.15, -0.1) is 0 Å². The van der Waals surface area contributed by atoms with Crippen LogP contribution in [0.2, 0.25) is 0 Å². The monoisotopic (exact) mass is 795 g/mol. The van der Waals surface area contributed by atoms with Gasteiger partial charge >= 0.3 is 0 Å². The van der Waals surface area contributed by atoms with E-state index in [0.29, 0.717) is 17.3 Å². The summed E-state index contributed by atoms with van der Waals surface area (Å²) in [6.07, 6.45) is 3.82. The molecule has 1 spiro atoms. The van der Waals surface area contributed by atoms with Crippen molar-refractivity contribution >= 4 is 28.0 Å². The Morgan fingerprint density at radius 2 is 1.13 bits per heavy atom. The average Bonchev–Trinajstić information content (AvgIpc) is 3.63. The van der Waals surface area contributed by atoms with Crippen molar-refractivity contribution in [2.45, 2.75) is 5.41 Å². The predicted molar refractivity (Wildman–Crippen MR) is 244 cm³/mol. The lowest BCUT2D eigenvalue weighted by atomic mass is 9.66. The Labute approximate surface area is 357 Å². The first-order chi connectivity index (χ1) is 30.8. The van der Waals surface area contributed by atoms with Gasteiger partial charge in [0, 0.05) is 56.8 Å². The molecule has 3 aromatic heterocycles. The lowest BCUT2D eigenvalue weighted by molar-refractivity contribution is 0.391. The molecule has 0 bridgehead atoms. The molecule has 7 aromatic carbocycles. The molecule has 2 aliphatic heterocycles. The molecule has 62 heavy (non-hydrogen) atoms. The van der Waals surface area contributed by atoms with E-state index >= 15 is 0 Å². The molecule has 0 fully saturated rings. The highest BCUT2D eigenvalue weighted by Gasteiger charge is 2.54. The van der Waals surface area contributed by atoms with E-state index in [2.05, 4.69) is 114 Å². The zero-order valence-corrected chi connectivity index (χ0v) is 33.1. The van der Waals surface area contributed by atoms with E-state index in [1.807, 2.05) is 91.3 Å². The minimum Gasteiger partial charge on any atom is -0.453 e. The molecule has 0 saturated heterocycles. The van der Waals surface area contributed by atoms with Crippen LogP contribution in [-0.4, -0.2) is 19.9 Å². The first kappa shape index (κ1) is 34.4. The Balaban J connectivity index is 1.05. The molecular weight excluding hydrogens is 763 g/mol. The highest BCUT2D eigenvalue weighted by Crippen LogP contribution is 2.66. The number of benzene rings is 7. The van der Waals surface area contributed by atoms with Gasteiger partial charge in [0.05, 0.1) is 39.4 Å². The highest BCUT2D eigenvalue weighted by atomic mass is 16.5. The van der Waals surface area contributed by atoms with Crippen LogP contribution in [0.4, 0.5) is 17.1 Å². The van der Waals surface area contributed by atoms with E-state index in [-0.39, 0.29) is 0 Å². The molecule has 0 radical (unpaired) electrons. The van der Waals surface area contributed by atoms with Crippen LogP contribution >= 0.6 is 0 Å². The van der Waals surface area contributed by atoms with E-state index in [9.17, 15) is 0 Å². The van der Waals surface area contributed by atoms with Crippen LogP contribution in [0.1, 0.15) is 22.3 Å². The molecule has 0 saturated carbocycles. The Bertz CT molecular complexity index is 3450. The lowest BCUT2D eigenvalue weighted by Crippen LogP contribution is -2.33. The van der Waals surface area contributed by atoms with Gasteiger partial charge in [0.25, 0.3) is 0 Å². The summed E-state index contributed by atoms with van der Waals surface area (Å²) in [6, 6.07) is 64.6. The number of hydrogen-bond acceptors (Lipinski definition) is 7. The van der Waals surface area contributed by atoms with E-state index < -0.39 is 5.41 Å². The fourth-order valence-electron chi connectivity index (χ4n) is 9.82. The number of nitrogens with zero attached hydrogens (tertiary/aromatic N) is 5. The van der Waals surface area contributed by atoms with Gasteiger partial charge in [0.2, 0.25) is 0 Å². The predicted octanol–water partition coefficient (Wildman–Crippen LogP) is 13.5. The number of hydrogen-bond donors (Lipinski definition) is 0. The van der Waals surface area contributed by atoms with Gasteiger partial charge in [-0.1, -0.05) is 133 Å². The molecule has 0 amide bonds. The molecule has 1 atom stereocenters. The summed E-state index contributed by atoms with van der Waals surface area (Å²) in [5, 5.41) is 1.00. The van der Waals surface area contributed by atoms with E-state index in [1.54, 1.807) is 0 Å². The van der Waals surface area contributed by atoms with Crippen molar-refractivity contribution in [3.05, 3.63) is 223 Å². The van der Waals surface area contributed by atoms with Crippen LogP contribution in [0.5, 0.6) is 23.0 Å². The van der Waals surface area contributed by atoms with E-state index in [1.165, 1.54) is 0 Å². The summed E-state index contributed by atoms with van der Waals surface area (Å²) < 4.78 is 14.0. The molecular formula is C55H33N5O2. The fraction of sp³-hybridized carbons (Fsp3) is 0.0182. The van der Waals surface area contributed by atoms with Gasteiger partial charge in [-0.25, -0.2) is 9.97 Å². The molecule has 13 rings (SSSR count). The number of rotatable bonds is 4. The smallest absolute Gasteiger partial charge is 0.194 e. The lowest BCUT2D eigenvalue weighted by Gasteiger charge is -2.41. The first-order valence-corrected chi connectivity index (χ1v) is 20.7. The molecule has 10 aromatic rings. The van der Waals surface area contributed by atoms with Crippen LogP contribution in [0, 0.1) is 0 Å². The Morgan fingerprint density at radius 1 is 0.435 bits per heavy atom. The second-order valence-electron chi connectivity index (χ2n) is 15.7. The van der Waals surface area contributed by atoms with Crippen LogP contribution in [0.3, 0.4) is 0 Å². The zero-order valence-electron chi connectivity index (χ0n) is 33.1. The van der Waals surface area contributed by atoms with Crippen molar-refractivity contribution in [1.82, 2.24) is 19.9 Å². The van der Waals surface area contributed by atoms with Crippen molar-refractivity contribution in [2.75, 3.05) is 4.90 Å². The zero-order chi connectivity index (χ0) is 40.8. The number of fused-ring (bicyclic) bond motifs is 13. The van der Waals surface area contributed by atoms with Gasteiger partial charge in [0.15, 0.2) is 23.1 Å². The van der Waals surface area contributed by atoms with Gasteiger partial charge in [0.1, 0.15) is 5.75 Å². The standard InChI is InChI=1S/C55H33N5O2/c1-3-16-34(17-4-1)49-39-22-9-11-25-44(39)58-54(59-49)38-21-8-7-20-37(38)35-32-43-51(57-33-35)50-41(24-15-31-56-50)55(43)40-23-10-13-27-47(40)61-52-42(55)29-30-46-53(52)62-48-28-14-12-26-45(48)60(46)36-18-5-2-6-19-36/h1-33H. The van der Waals surface area contributed by atoms with Crippen LogP contribution < -0.4 is 14.4 Å². The molecule has 0 N–H and O–H groups in total. The summed E-state index contributed by atoms with van der Waals surface area (Å²) in [7, 11) is 0. The molecule has 290 valence electrons. The molecule has 7 nitrogen and oxygen atoms in total. The maximum Gasteiger partial charge on any atom is 0.194 e. The normalized spacial score (nSPS) is 15.1. The summed E-state index contributed by atoms with van der Waals surface area (Å²) >= 11 is 0. The molecule has 5 heterocycles. The third-order valence-corrected chi connectivity index (χ3v) is 12.4. The minimum absolute atomic E-state index is 0.645. The molecule has 3 aliphatic rings. The van der Waals surface area contributed by atoms with Crippen molar-refractivity contribution in [3.8, 4) is 68.2 Å². The number of pyridine rings is 2. The van der Waals surface area contributed by atoms with Gasteiger partial charge in [-0.05, 0) is 65.7 Å². The van der Waals surface area contributed by atoms with Crippen molar-refractivity contribution in [1.29, 1.82) is 0 Å². The minimum atomic E-state index is -0.853. The van der Waals surface area contributed by atoms with Crippen molar-refractivity contribution in [2.24, 2.45) is 0 Å². The van der Waals surface area contributed by atoms with Crippen LogP contribution in [-0.2, 0) is 5.41 Å². The van der Waals surface area contributed by atoms with Gasteiger partial charge < -0.3 is 14.4 Å². The SMILES string of the molecule is c1ccc(-c2nc(-c3ccccc3-c3cnc4c(c3)C3(c5ccccc5Oc5c3ccc3c5Oc5ccccc5N3c3ccccc3)c3cccnc3-4)nc3ccccc23)cc1. The molecule has 1 aliphatic carbocycles. The Kier molecular flexibility index (Phi) is 7.39. The highest BCUT2D eigenvalue weighted by molar-refractivity contribution is 5.96.